The van der Waals surface area contributed by atoms with Crippen LogP contribution < -0.4 is 14.4 Å². The number of aryl methyl sites for hydroxylation is 2. The molecule has 0 atom stereocenters. The minimum Gasteiger partial charge on any atom is -0.491 e. The van der Waals surface area contributed by atoms with E-state index in [4.69, 9.17) is 4.74 Å². The third kappa shape index (κ3) is 6.35. The molecular formula is C26H30N2O4S. The van der Waals surface area contributed by atoms with Crippen molar-refractivity contribution in [3.05, 3.63) is 89.5 Å². The molecule has 0 unspecified atom stereocenters. The van der Waals surface area contributed by atoms with Gasteiger partial charge in [-0.3, -0.25) is 9.10 Å². The Morgan fingerprint density at radius 3 is 2.21 bits per heavy atom. The minimum atomic E-state index is -3.92. The predicted octanol–water partition coefficient (Wildman–Crippen LogP) is 4.60. The van der Waals surface area contributed by atoms with Crippen LogP contribution >= 0.6 is 0 Å². The van der Waals surface area contributed by atoms with Gasteiger partial charge in [0.2, 0.25) is 5.91 Å². The second-order valence-electron chi connectivity index (χ2n) is 8.18. The average Bonchev–Trinajstić information content (AvgIpc) is 2.79. The highest BCUT2D eigenvalue weighted by molar-refractivity contribution is 7.92. The fourth-order valence-corrected chi connectivity index (χ4v) is 4.69. The van der Waals surface area contributed by atoms with E-state index in [1.165, 1.54) is 12.1 Å². The zero-order chi connectivity index (χ0) is 24.0. The van der Waals surface area contributed by atoms with Gasteiger partial charge < -0.3 is 10.1 Å². The van der Waals surface area contributed by atoms with Crippen LogP contribution in [0, 0.1) is 13.8 Å². The van der Waals surface area contributed by atoms with Crippen molar-refractivity contribution in [2.45, 2.75) is 45.2 Å². The molecule has 0 radical (unpaired) electrons. The molecule has 3 aromatic carbocycles. The Balaban J connectivity index is 1.78. The molecule has 174 valence electrons. The first-order valence-electron chi connectivity index (χ1n) is 10.8. The third-order valence-corrected chi connectivity index (χ3v) is 6.97. The van der Waals surface area contributed by atoms with Gasteiger partial charge in [0.25, 0.3) is 10.0 Å². The monoisotopic (exact) mass is 466 g/mol. The van der Waals surface area contributed by atoms with Gasteiger partial charge in [0, 0.05) is 6.54 Å². The summed E-state index contributed by atoms with van der Waals surface area (Å²) in [5.41, 5.74) is 3.34. The van der Waals surface area contributed by atoms with Gasteiger partial charge in [0.15, 0.2) is 0 Å². The molecule has 3 aromatic rings. The molecular weight excluding hydrogens is 436 g/mol. The summed E-state index contributed by atoms with van der Waals surface area (Å²) in [7, 11) is -3.92. The number of rotatable bonds is 9. The predicted molar refractivity (Wildman–Crippen MR) is 131 cm³/mol. The molecule has 7 heteroatoms. The summed E-state index contributed by atoms with van der Waals surface area (Å²) in [6.07, 6.45) is 0.0820. The number of ether oxygens (including phenoxy) is 1. The quantitative estimate of drug-likeness (QED) is 0.500. The number of hydrogen-bond acceptors (Lipinski definition) is 4. The van der Waals surface area contributed by atoms with Crippen molar-refractivity contribution in [1.82, 2.24) is 5.32 Å². The maximum Gasteiger partial charge on any atom is 0.264 e. The lowest BCUT2D eigenvalue weighted by Gasteiger charge is -2.25. The molecule has 0 aromatic heterocycles. The Morgan fingerprint density at radius 1 is 0.939 bits per heavy atom. The van der Waals surface area contributed by atoms with Crippen LogP contribution in [-0.2, 0) is 21.4 Å². The van der Waals surface area contributed by atoms with Gasteiger partial charge in [0.05, 0.1) is 16.7 Å². The van der Waals surface area contributed by atoms with E-state index in [0.29, 0.717) is 5.69 Å². The van der Waals surface area contributed by atoms with Crippen LogP contribution in [0.3, 0.4) is 0 Å². The molecule has 0 fully saturated rings. The summed E-state index contributed by atoms with van der Waals surface area (Å²) in [5, 5.41) is 2.82. The number of carbonyl (C=O) groups excluding carboxylic acids is 1. The summed E-state index contributed by atoms with van der Waals surface area (Å²) < 4.78 is 33.6. The molecule has 0 saturated heterocycles. The van der Waals surface area contributed by atoms with Crippen LogP contribution in [-0.4, -0.2) is 27.0 Å². The average molecular weight is 467 g/mol. The van der Waals surface area contributed by atoms with E-state index < -0.39 is 15.9 Å². The normalized spacial score (nSPS) is 11.3. The van der Waals surface area contributed by atoms with Gasteiger partial charge in [-0.25, -0.2) is 8.42 Å². The van der Waals surface area contributed by atoms with Crippen molar-refractivity contribution in [2.75, 3.05) is 10.8 Å². The van der Waals surface area contributed by atoms with Crippen LogP contribution in [0.4, 0.5) is 5.69 Å². The molecule has 0 aliphatic carbocycles. The fourth-order valence-electron chi connectivity index (χ4n) is 3.26. The summed E-state index contributed by atoms with van der Waals surface area (Å²) in [6, 6.07) is 21.0. The van der Waals surface area contributed by atoms with Crippen LogP contribution in [0.2, 0.25) is 0 Å². The molecule has 1 amide bonds. The van der Waals surface area contributed by atoms with Crippen LogP contribution in [0.1, 0.15) is 30.5 Å². The SMILES string of the molecule is Cc1ccc(N(CC(=O)NCc2ccc(OC(C)C)cc2)S(=O)(=O)c2ccccc2)cc1C. The van der Waals surface area contributed by atoms with Crippen molar-refractivity contribution >= 4 is 21.6 Å². The summed E-state index contributed by atoms with van der Waals surface area (Å²) in [5.74, 6) is 0.366. The lowest BCUT2D eigenvalue weighted by Crippen LogP contribution is -2.40. The van der Waals surface area contributed by atoms with E-state index in [1.54, 1.807) is 30.3 Å². The number of nitrogens with zero attached hydrogens (tertiary/aromatic N) is 1. The van der Waals surface area contributed by atoms with Gasteiger partial charge in [-0.2, -0.15) is 0 Å². The topological polar surface area (TPSA) is 75.7 Å². The Hall–Kier alpha value is -3.32. The van der Waals surface area contributed by atoms with Crippen molar-refractivity contribution in [3.8, 4) is 5.75 Å². The Kier molecular flexibility index (Phi) is 7.76. The van der Waals surface area contributed by atoms with Crippen molar-refractivity contribution in [2.24, 2.45) is 0 Å². The van der Waals surface area contributed by atoms with E-state index >= 15 is 0 Å². The molecule has 0 spiro atoms. The molecule has 1 N–H and O–H groups in total. The first kappa shape index (κ1) is 24.3. The highest BCUT2D eigenvalue weighted by Gasteiger charge is 2.27. The van der Waals surface area contributed by atoms with E-state index in [-0.39, 0.29) is 24.1 Å². The smallest absolute Gasteiger partial charge is 0.264 e. The Labute approximate surface area is 196 Å². The van der Waals surface area contributed by atoms with Gasteiger partial charge in [-0.15, -0.1) is 0 Å². The van der Waals surface area contributed by atoms with E-state index in [1.807, 2.05) is 58.0 Å². The summed E-state index contributed by atoms with van der Waals surface area (Å²) >= 11 is 0. The highest BCUT2D eigenvalue weighted by atomic mass is 32.2. The maximum atomic E-state index is 13.4. The number of sulfonamides is 1. The second kappa shape index (κ2) is 10.5. The van der Waals surface area contributed by atoms with Crippen molar-refractivity contribution < 1.29 is 17.9 Å². The molecule has 0 aliphatic heterocycles. The standard InChI is InChI=1S/C26H30N2O4S/c1-19(2)32-24-14-11-22(12-15-24)17-27-26(29)18-28(23-13-10-20(3)21(4)16-23)33(30,31)25-8-6-5-7-9-25/h5-16,19H,17-18H2,1-4H3,(H,27,29). The first-order valence-corrected chi connectivity index (χ1v) is 12.3. The lowest BCUT2D eigenvalue weighted by molar-refractivity contribution is -0.119. The van der Waals surface area contributed by atoms with Gasteiger partial charge >= 0.3 is 0 Å². The zero-order valence-corrected chi connectivity index (χ0v) is 20.2. The van der Waals surface area contributed by atoms with E-state index in [0.717, 1.165) is 26.7 Å². The zero-order valence-electron chi connectivity index (χ0n) is 19.4. The number of amides is 1. The molecule has 0 heterocycles. The number of anilines is 1. The number of carbonyl (C=O) groups is 1. The number of benzene rings is 3. The molecule has 0 bridgehead atoms. The van der Waals surface area contributed by atoms with E-state index in [9.17, 15) is 13.2 Å². The van der Waals surface area contributed by atoms with Gasteiger partial charge in [-0.05, 0) is 80.8 Å². The van der Waals surface area contributed by atoms with E-state index in [2.05, 4.69) is 5.32 Å². The highest BCUT2D eigenvalue weighted by Crippen LogP contribution is 2.25. The molecule has 6 nitrogen and oxygen atoms in total. The van der Waals surface area contributed by atoms with Crippen LogP contribution in [0.15, 0.2) is 77.7 Å². The Morgan fingerprint density at radius 2 is 1.61 bits per heavy atom. The molecule has 0 saturated carbocycles. The molecule has 0 aliphatic rings. The lowest BCUT2D eigenvalue weighted by atomic mass is 10.1. The maximum absolute atomic E-state index is 13.4. The van der Waals surface area contributed by atoms with Gasteiger partial charge in [0.1, 0.15) is 12.3 Å². The minimum absolute atomic E-state index is 0.0820. The number of nitrogens with one attached hydrogen (secondary N) is 1. The molecule has 33 heavy (non-hydrogen) atoms. The summed E-state index contributed by atoms with van der Waals surface area (Å²) in [6.45, 7) is 7.75. The summed E-state index contributed by atoms with van der Waals surface area (Å²) in [4.78, 5) is 12.9. The Bertz CT molecular complexity index is 1190. The van der Waals surface area contributed by atoms with Crippen LogP contribution in [0.25, 0.3) is 0 Å². The van der Waals surface area contributed by atoms with Crippen molar-refractivity contribution in [1.29, 1.82) is 0 Å². The third-order valence-electron chi connectivity index (χ3n) is 5.18. The number of hydrogen-bond donors (Lipinski definition) is 1. The molecule has 3 rings (SSSR count). The fraction of sp³-hybridized carbons (Fsp3) is 0.269. The first-order chi connectivity index (χ1) is 15.7. The largest absolute Gasteiger partial charge is 0.491 e. The van der Waals surface area contributed by atoms with Gasteiger partial charge in [-0.1, -0.05) is 36.4 Å². The van der Waals surface area contributed by atoms with Crippen LogP contribution in [0.5, 0.6) is 5.75 Å². The van der Waals surface area contributed by atoms with Crippen molar-refractivity contribution in [3.63, 3.8) is 0 Å². The second-order valence-corrected chi connectivity index (χ2v) is 10.0.